The Hall–Kier alpha value is -1.73. The van der Waals surface area contributed by atoms with E-state index in [1.165, 1.54) is 18.2 Å². The van der Waals surface area contributed by atoms with Crippen LogP contribution >= 0.6 is 11.6 Å². The Morgan fingerprint density at radius 1 is 1.50 bits per heavy atom. The zero-order valence-electron chi connectivity index (χ0n) is 15.3. The molecule has 1 heterocycles. The van der Waals surface area contributed by atoms with Gasteiger partial charge in [-0.1, -0.05) is 0 Å². The first-order chi connectivity index (χ1) is 12.2. The number of anilines is 1. The summed E-state index contributed by atoms with van der Waals surface area (Å²) >= 11 is 5.57. The number of carbonyl (C=O) groups is 1. The van der Waals surface area contributed by atoms with Crippen molar-refractivity contribution in [2.24, 2.45) is 0 Å². The number of nitrogens with one attached hydrogen (secondary N) is 1. The molecule has 146 valence electrons. The number of benzene rings is 1. The van der Waals surface area contributed by atoms with Gasteiger partial charge in [0.15, 0.2) is 0 Å². The van der Waals surface area contributed by atoms with Crippen molar-refractivity contribution in [3.63, 3.8) is 0 Å². The van der Waals surface area contributed by atoms with Crippen molar-refractivity contribution >= 4 is 23.4 Å². The average Bonchev–Trinajstić information content (AvgIpc) is 3.02. The van der Waals surface area contributed by atoms with Crippen LogP contribution in [-0.2, 0) is 4.74 Å². The molecule has 0 aliphatic carbocycles. The minimum absolute atomic E-state index is 0.0754. The molecule has 0 aromatic heterocycles. The summed E-state index contributed by atoms with van der Waals surface area (Å²) in [6.07, 6.45) is -0.680. The van der Waals surface area contributed by atoms with Crippen molar-refractivity contribution in [2.75, 3.05) is 30.8 Å². The third-order valence-electron chi connectivity index (χ3n) is 3.74. The second-order valence-electron chi connectivity index (χ2n) is 7.28. The summed E-state index contributed by atoms with van der Waals surface area (Å²) in [4.78, 5) is 13.7. The van der Waals surface area contributed by atoms with E-state index in [0.29, 0.717) is 30.9 Å². The van der Waals surface area contributed by atoms with Crippen LogP contribution in [0.4, 0.5) is 14.9 Å². The molecule has 1 amide bonds. The molecule has 1 aliphatic heterocycles. The van der Waals surface area contributed by atoms with Crippen molar-refractivity contribution < 1.29 is 23.8 Å². The SMILES string of the molecule is CC(C)(C)OC(=O)N1CCC(Oc2ccc(F)cc2NCC(O)CCl)C1. The van der Waals surface area contributed by atoms with Crippen LogP contribution in [-0.4, -0.2) is 59.4 Å². The highest BCUT2D eigenvalue weighted by molar-refractivity contribution is 6.18. The van der Waals surface area contributed by atoms with E-state index in [9.17, 15) is 14.3 Å². The zero-order chi connectivity index (χ0) is 19.3. The number of rotatable bonds is 6. The lowest BCUT2D eigenvalue weighted by Crippen LogP contribution is -2.36. The Morgan fingerprint density at radius 2 is 2.23 bits per heavy atom. The van der Waals surface area contributed by atoms with Crippen LogP contribution in [0.5, 0.6) is 5.75 Å². The maximum absolute atomic E-state index is 13.5. The van der Waals surface area contributed by atoms with Crippen LogP contribution in [0.3, 0.4) is 0 Å². The summed E-state index contributed by atoms with van der Waals surface area (Å²) in [5.74, 6) is 0.123. The normalized spacial score (nSPS) is 18.5. The quantitative estimate of drug-likeness (QED) is 0.732. The topological polar surface area (TPSA) is 71.0 Å². The van der Waals surface area contributed by atoms with Crippen molar-refractivity contribution in [3.05, 3.63) is 24.0 Å². The smallest absolute Gasteiger partial charge is 0.410 e. The first-order valence-corrected chi connectivity index (χ1v) is 9.13. The number of aliphatic hydroxyl groups excluding tert-OH is 1. The second-order valence-corrected chi connectivity index (χ2v) is 7.59. The molecule has 2 N–H and O–H groups in total. The fourth-order valence-corrected chi connectivity index (χ4v) is 2.63. The van der Waals surface area contributed by atoms with E-state index in [0.717, 1.165) is 0 Å². The van der Waals surface area contributed by atoms with Crippen LogP contribution in [0.1, 0.15) is 27.2 Å². The first-order valence-electron chi connectivity index (χ1n) is 8.60. The molecule has 2 rings (SSSR count). The molecule has 8 heteroatoms. The Balaban J connectivity index is 1.97. The van der Waals surface area contributed by atoms with Gasteiger partial charge in [-0.15, -0.1) is 11.6 Å². The number of hydrogen-bond acceptors (Lipinski definition) is 5. The summed E-state index contributed by atoms with van der Waals surface area (Å²) in [6, 6.07) is 4.14. The number of alkyl halides is 1. The third-order valence-corrected chi connectivity index (χ3v) is 4.09. The van der Waals surface area contributed by atoms with Gasteiger partial charge in [-0.3, -0.25) is 0 Å². The molecule has 1 fully saturated rings. The molecule has 1 saturated heterocycles. The van der Waals surface area contributed by atoms with Gasteiger partial charge in [0.2, 0.25) is 0 Å². The van der Waals surface area contributed by atoms with Crippen molar-refractivity contribution in [1.29, 1.82) is 0 Å². The largest absolute Gasteiger partial charge is 0.486 e. The minimum Gasteiger partial charge on any atom is -0.486 e. The average molecular weight is 389 g/mol. The summed E-state index contributed by atoms with van der Waals surface area (Å²) in [7, 11) is 0. The molecule has 1 aromatic rings. The molecule has 0 bridgehead atoms. The van der Waals surface area contributed by atoms with Crippen molar-refractivity contribution in [3.8, 4) is 5.75 Å². The molecule has 0 saturated carbocycles. The highest BCUT2D eigenvalue weighted by atomic mass is 35.5. The number of amides is 1. The molecule has 6 nitrogen and oxygen atoms in total. The molecule has 26 heavy (non-hydrogen) atoms. The van der Waals surface area contributed by atoms with E-state index < -0.39 is 17.5 Å². The third kappa shape index (κ3) is 6.21. The Morgan fingerprint density at radius 3 is 2.88 bits per heavy atom. The van der Waals surface area contributed by atoms with E-state index >= 15 is 0 Å². The zero-order valence-corrected chi connectivity index (χ0v) is 16.1. The molecule has 2 atom stereocenters. The van der Waals surface area contributed by atoms with E-state index in [-0.39, 0.29) is 24.6 Å². The lowest BCUT2D eigenvalue weighted by Gasteiger charge is -2.24. The molecule has 0 spiro atoms. The van der Waals surface area contributed by atoms with Crippen LogP contribution in [0.25, 0.3) is 0 Å². The molecular weight excluding hydrogens is 363 g/mol. The number of hydrogen-bond donors (Lipinski definition) is 2. The molecular formula is C18H26ClFN2O4. The fourth-order valence-electron chi connectivity index (χ4n) is 2.52. The molecule has 1 aromatic carbocycles. The maximum Gasteiger partial charge on any atom is 0.410 e. The first kappa shape index (κ1) is 20.6. The standard InChI is InChI=1S/C18H26ClFN2O4/c1-18(2,3)26-17(24)22-7-6-14(11-22)25-16-5-4-12(20)8-15(16)21-10-13(23)9-19/h4-5,8,13-14,21,23H,6-7,9-11H2,1-3H3. The lowest BCUT2D eigenvalue weighted by atomic mass is 10.2. The predicted molar refractivity (Wildman–Crippen MR) is 98.5 cm³/mol. The molecule has 1 aliphatic rings. The van der Waals surface area contributed by atoms with Gasteiger partial charge in [0, 0.05) is 25.6 Å². The highest BCUT2D eigenvalue weighted by Gasteiger charge is 2.31. The minimum atomic E-state index is -0.748. The highest BCUT2D eigenvalue weighted by Crippen LogP contribution is 2.28. The second kappa shape index (κ2) is 8.77. The summed E-state index contributed by atoms with van der Waals surface area (Å²) in [5.41, 5.74) is -0.113. The van der Waals surface area contributed by atoms with Crippen LogP contribution in [0.2, 0.25) is 0 Å². The molecule has 2 unspecified atom stereocenters. The number of nitrogens with zero attached hydrogens (tertiary/aromatic N) is 1. The lowest BCUT2D eigenvalue weighted by molar-refractivity contribution is 0.0276. The Kier molecular flexibility index (Phi) is 6.94. The summed E-state index contributed by atoms with van der Waals surface area (Å²) < 4.78 is 24.8. The van der Waals surface area contributed by atoms with E-state index in [4.69, 9.17) is 21.1 Å². The van der Waals surface area contributed by atoms with Crippen molar-refractivity contribution in [1.82, 2.24) is 4.90 Å². The number of ether oxygens (including phenoxy) is 2. The van der Waals surface area contributed by atoms with Gasteiger partial charge in [0.1, 0.15) is 23.3 Å². The number of likely N-dealkylation sites (tertiary alicyclic amines) is 1. The van der Waals surface area contributed by atoms with Gasteiger partial charge in [0.25, 0.3) is 0 Å². The van der Waals surface area contributed by atoms with Gasteiger partial charge >= 0.3 is 6.09 Å². The number of halogens is 2. The van der Waals surface area contributed by atoms with Gasteiger partial charge in [0.05, 0.1) is 24.2 Å². The maximum atomic E-state index is 13.5. The summed E-state index contributed by atoms with van der Waals surface area (Å²) in [6.45, 7) is 6.57. The van der Waals surface area contributed by atoms with Gasteiger partial charge in [-0.25, -0.2) is 9.18 Å². The van der Waals surface area contributed by atoms with Gasteiger partial charge in [-0.2, -0.15) is 0 Å². The Labute approximate surface area is 158 Å². The Bertz CT molecular complexity index is 624. The van der Waals surface area contributed by atoms with E-state index in [2.05, 4.69) is 5.32 Å². The van der Waals surface area contributed by atoms with E-state index in [1.807, 2.05) is 20.8 Å². The van der Waals surface area contributed by atoms with Gasteiger partial charge < -0.3 is 24.8 Å². The number of aliphatic hydroxyl groups is 1. The predicted octanol–water partition coefficient (Wildman–Crippen LogP) is 3.23. The van der Waals surface area contributed by atoms with Crippen LogP contribution < -0.4 is 10.1 Å². The van der Waals surface area contributed by atoms with E-state index in [1.54, 1.807) is 4.90 Å². The molecule has 0 radical (unpaired) electrons. The van der Waals surface area contributed by atoms with Gasteiger partial charge in [-0.05, 0) is 32.9 Å². The van der Waals surface area contributed by atoms with Crippen molar-refractivity contribution in [2.45, 2.75) is 45.0 Å². The van der Waals surface area contributed by atoms with Crippen LogP contribution in [0.15, 0.2) is 18.2 Å². The monoisotopic (exact) mass is 388 g/mol. The number of carbonyl (C=O) groups excluding carboxylic acids is 1. The van der Waals surface area contributed by atoms with Crippen LogP contribution in [0, 0.1) is 5.82 Å². The fraction of sp³-hybridized carbons (Fsp3) is 0.611. The summed E-state index contributed by atoms with van der Waals surface area (Å²) in [5, 5.41) is 12.5.